The summed E-state index contributed by atoms with van der Waals surface area (Å²) in [6, 6.07) is 2.25. The highest BCUT2D eigenvalue weighted by molar-refractivity contribution is 6.27. The van der Waals surface area contributed by atoms with Gasteiger partial charge in [0.1, 0.15) is 17.6 Å². The van der Waals surface area contributed by atoms with Crippen LogP contribution in [0, 0.1) is 5.92 Å². The third-order valence-electron chi connectivity index (χ3n) is 4.21. The van der Waals surface area contributed by atoms with Gasteiger partial charge in [-0.1, -0.05) is 11.6 Å². The second-order valence-electron chi connectivity index (χ2n) is 6.67. The molecule has 2 rings (SSSR count). The highest BCUT2D eigenvalue weighted by atomic mass is 16.5. The zero-order chi connectivity index (χ0) is 20.3. The Morgan fingerprint density at radius 2 is 1.74 bits per heavy atom. The van der Waals surface area contributed by atoms with Crippen molar-refractivity contribution in [2.45, 2.75) is 33.3 Å². The molecule has 1 aromatic rings. The summed E-state index contributed by atoms with van der Waals surface area (Å²) in [5.41, 5.74) is 0.234. The quantitative estimate of drug-likeness (QED) is 0.397. The second-order valence-corrected chi connectivity index (χ2v) is 6.67. The lowest BCUT2D eigenvalue weighted by Gasteiger charge is -2.24. The van der Waals surface area contributed by atoms with E-state index in [1.54, 1.807) is 6.08 Å². The molecular weight excluding hydrogens is 352 g/mol. The number of rotatable bonds is 6. The second kappa shape index (κ2) is 8.18. The summed E-state index contributed by atoms with van der Waals surface area (Å²) in [5.74, 6) is -3.72. The van der Waals surface area contributed by atoms with Gasteiger partial charge < -0.3 is 20.1 Å². The first-order valence-corrected chi connectivity index (χ1v) is 8.47. The third kappa shape index (κ3) is 4.25. The lowest BCUT2D eigenvalue weighted by atomic mass is 9.85. The molecule has 0 heterocycles. The van der Waals surface area contributed by atoms with Crippen LogP contribution in [0.1, 0.15) is 47.9 Å². The maximum absolute atomic E-state index is 12.9. The minimum Gasteiger partial charge on any atom is -0.507 e. The van der Waals surface area contributed by atoms with Crippen LogP contribution < -0.4 is 0 Å². The summed E-state index contributed by atoms with van der Waals surface area (Å²) in [4.78, 5) is 37.4. The summed E-state index contributed by atoms with van der Waals surface area (Å²) in [5, 5.41) is 29.0. The number of aromatic hydroxyl groups is 2. The molecule has 27 heavy (non-hydrogen) atoms. The normalized spacial score (nSPS) is 15.5. The number of ether oxygens (including phenoxy) is 1. The molecule has 0 aromatic heterocycles. The van der Waals surface area contributed by atoms with Crippen molar-refractivity contribution in [3.8, 4) is 11.5 Å². The summed E-state index contributed by atoms with van der Waals surface area (Å²) in [6.07, 6.45) is 1.85. The van der Waals surface area contributed by atoms with E-state index in [1.165, 1.54) is 6.92 Å². The average molecular weight is 374 g/mol. The fourth-order valence-corrected chi connectivity index (χ4v) is 2.63. The minimum atomic E-state index is -1.06. The van der Waals surface area contributed by atoms with E-state index in [2.05, 4.69) is 0 Å². The molecule has 0 radical (unpaired) electrons. The molecule has 144 valence electrons. The zero-order valence-electron chi connectivity index (χ0n) is 15.4. The van der Waals surface area contributed by atoms with Crippen LogP contribution in [0.4, 0.5) is 0 Å². The zero-order valence-corrected chi connectivity index (χ0v) is 15.4. The van der Waals surface area contributed by atoms with Gasteiger partial charge in [-0.3, -0.25) is 14.4 Å². The monoisotopic (exact) mass is 374 g/mol. The van der Waals surface area contributed by atoms with Gasteiger partial charge in [0.15, 0.2) is 11.6 Å². The third-order valence-corrected chi connectivity index (χ3v) is 4.21. The van der Waals surface area contributed by atoms with E-state index in [9.17, 15) is 24.6 Å². The number of Topliss-reactive ketones (excluding diaryl/α,β-unsaturated/α-hetero) is 1. The molecular formula is C20H22O7. The van der Waals surface area contributed by atoms with E-state index in [1.807, 2.05) is 13.8 Å². The highest BCUT2D eigenvalue weighted by Crippen LogP contribution is 2.36. The van der Waals surface area contributed by atoms with Crippen molar-refractivity contribution in [2.75, 3.05) is 6.61 Å². The Morgan fingerprint density at radius 1 is 1.15 bits per heavy atom. The van der Waals surface area contributed by atoms with Crippen molar-refractivity contribution < 1.29 is 34.4 Å². The topological polar surface area (TPSA) is 121 Å². The van der Waals surface area contributed by atoms with E-state index in [4.69, 9.17) is 9.84 Å². The van der Waals surface area contributed by atoms with Crippen molar-refractivity contribution in [3.63, 3.8) is 0 Å². The van der Waals surface area contributed by atoms with Crippen LogP contribution in [-0.2, 0) is 9.53 Å². The number of allylic oxidation sites excluding steroid dienone is 2. The standard InChI is InChI=1S/C20H22O7/c1-10(2)4-7-16(27-20(26)11(3)9-21)12-8-15(24)17-13(22)5-6-14(23)18(17)19(12)25/h4-6,8,11,16,21-23H,7,9H2,1-3H3/t11?,16-/m1/s1. The number of aliphatic hydroxyl groups excluding tert-OH is 1. The van der Waals surface area contributed by atoms with E-state index < -0.39 is 47.7 Å². The minimum absolute atomic E-state index is 0.0932. The molecule has 0 bridgehead atoms. The van der Waals surface area contributed by atoms with E-state index in [-0.39, 0.29) is 23.1 Å². The molecule has 0 amide bonds. The number of hydrogen-bond donors (Lipinski definition) is 3. The average Bonchev–Trinajstić information content (AvgIpc) is 2.62. The maximum atomic E-state index is 12.9. The number of carbonyl (C=O) groups excluding carboxylic acids is 3. The van der Waals surface area contributed by atoms with Gasteiger partial charge in [-0.2, -0.15) is 0 Å². The molecule has 1 aliphatic rings. The number of carbonyl (C=O) groups is 3. The molecule has 1 aromatic carbocycles. The van der Waals surface area contributed by atoms with Gasteiger partial charge in [0.25, 0.3) is 0 Å². The number of hydrogen-bond acceptors (Lipinski definition) is 7. The largest absolute Gasteiger partial charge is 0.507 e. The van der Waals surface area contributed by atoms with Gasteiger partial charge >= 0.3 is 5.97 Å². The molecule has 1 aliphatic carbocycles. The van der Waals surface area contributed by atoms with Crippen LogP contribution in [0.3, 0.4) is 0 Å². The lowest BCUT2D eigenvalue weighted by Crippen LogP contribution is -2.31. The predicted molar refractivity (Wildman–Crippen MR) is 96.7 cm³/mol. The van der Waals surface area contributed by atoms with Gasteiger partial charge in [-0.25, -0.2) is 0 Å². The van der Waals surface area contributed by atoms with Crippen LogP contribution >= 0.6 is 0 Å². The molecule has 0 aliphatic heterocycles. The number of aliphatic hydroxyl groups is 1. The van der Waals surface area contributed by atoms with Crippen LogP contribution in [0.5, 0.6) is 11.5 Å². The van der Waals surface area contributed by atoms with Crippen molar-refractivity contribution in [1.82, 2.24) is 0 Å². The van der Waals surface area contributed by atoms with Crippen LogP contribution in [0.25, 0.3) is 0 Å². The van der Waals surface area contributed by atoms with Gasteiger partial charge in [0.05, 0.1) is 23.7 Å². The SMILES string of the molecule is CC(C)=CC[C@@H](OC(=O)C(C)CO)C1=CC(=O)c2c(O)ccc(O)c2C1=O. The Bertz CT molecular complexity index is 844. The molecule has 1 unspecified atom stereocenters. The Kier molecular flexibility index (Phi) is 6.17. The smallest absolute Gasteiger partial charge is 0.311 e. The summed E-state index contributed by atoms with van der Waals surface area (Å²) < 4.78 is 5.37. The van der Waals surface area contributed by atoms with Crippen molar-refractivity contribution in [3.05, 3.63) is 46.6 Å². The van der Waals surface area contributed by atoms with Crippen molar-refractivity contribution >= 4 is 17.5 Å². The van der Waals surface area contributed by atoms with E-state index in [0.717, 1.165) is 23.8 Å². The first kappa shape index (κ1) is 20.4. The summed E-state index contributed by atoms with van der Waals surface area (Å²) >= 11 is 0. The lowest BCUT2D eigenvalue weighted by molar-refractivity contribution is -0.152. The molecule has 2 atom stereocenters. The Labute approximate surface area is 156 Å². The number of benzene rings is 1. The molecule has 7 heteroatoms. The maximum Gasteiger partial charge on any atom is 0.311 e. The molecule has 3 N–H and O–H groups in total. The van der Waals surface area contributed by atoms with Crippen molar-refractivity contribution in [2.24, 2.45) is 5.92 Å². The highest BCUT2D eigenvalue weighted by Gasteiger charge is 2.36. The number of phenolic OH excluding ortho intramolecular Hbond substituents is 2. The number of esters is 1. The molecule has 0 spiro atoms. The molecule has 0 saturated heterocycles. The summed E-state index contributed by atoms with van der Waals surface area (Å²) in [6.45, 7) is 4.71. The van der Waals surface area contributed by atoms with Gasteiger partial charge in [-0.15, -0.1) is 0 Å². The van der Waals surface area contributed by atoms with Crippen LogP contribution in [-0.4, -0.2) is 45.6 Å². The van der Waals surface area contributed by atoms with Gasteiger partial charge in [0.2, 0.25) is 0 Å². The number of phenols is 2. The van der Waals surface area contributed by atoms with Gasteiger partial charge in [0, 0.05) is 12.0 Å². The first-order chi connectivity index (χ1) is 12.7. The first-order valence-electron chi connectivity index (χ1n) is 8.47. The van der Waals surface area contributed by atoms with Crippen molar-refractivity contribution in [1.29, 1.82) is 0 Å². The Morgan fingerprint density at radius 3 is 2.30 bits per heavy atom. The van der Waals surface area contributed by atoms with Crippen LogP contribution in [0.2, 0.25) is 0 Å². The molecule has 7 nitrogen and oxygen atoms in total. The number of ketones is 2. The number of fused-ring (bicyclic) bond motifs is 1. The fraction of sp³-hybridized carbons (Fsp3) is 0.350. The summed E-state index contributed by atoms with van der Waals surface area (Å²) in [7, 11) is 0. The molecule has 0 saturated carbocycles. The van der Waals surface area contributed by atoms with E-state index >= 15 is 0 Å². The Balaban J connectivity index is 2.48. The predicted octanol–water partition coefficient (Wildman–Crippen LogP) is 2.30. The fourth-order valence-electron chi connectivity index (χ4n) is 2.63. The van der Waals surface area contributed by atoms with Gasteiger partial charge in [-0.05, 0) is 39.0 Å². The van der Waals surface area contributed by atoms with Crippen LogP contribution in [0.15, 0.2) is 35.4 Å². The Hall–Kier alpha value is -2.93. The molecule has 0 fully saturated rings. The van der Waals surface area contributed by atoms with E-state index in [0.29, 0.717) is 0 Å².